The zero-order chi connectivity index (χ0) is 9.80. The van der Waals surface area contributed by atoms with Crippen molar-refractivity contribution in [1.29, 1.82) is 0 Å². The number of hydrogen-bond acceptors (Lipinski definition) is 2. The molecule has 0 radical (unpaired) electrons. The average Bonchev–Trinajstić information content (AvgIpc) is 2.82. The third kappa shape index (κ3) is 3.18. The van der Waals surface area contributed by atoms with Crippen molar-refractivity contribution in [2.45, 2.75) is 31.7 Å². The van der Waals surface area contributed by atoms with Crippen LogP contribution >= 0.6 is 0 Å². The van der Waals surface area contributed by atoms with Gasteiger partial charge in [0.1, 0.15) is 0 Å². The molecule has 2 rings (SSSR count). The zero-order valence-corrected chi connectivity index (χ0v) is 8.42. The molecule has 1 atom stereocenters. The number of hydrogen-bond donors (Lipinski definition) is 2. The van der Waals surface area contributed by atoms with Crippen LogP contribution in [0, 0.1) is 5.92 Å². The summed E-state index contributed by atoms with van der Waals surface area (Å²) in [6.07, 6.45) is 4.47. The Kier molecular flexibility index (Phi) is 3.24. The number of carbonyl (C=O) groups is 1. The van der Waals surface area contributed by atoms with E-state index in [2.05, 4.69) is 10.6 Å². The van der Waals surface area contributed by atoms with Crippen LogP contribution in [0.5, 0.6) is 0 Å². The van der Waals surface area contributed by atoms with E-state index < -0.39 is 0 Å². The second-order valence-electron chi connectivity index (χ2n) is 4.19. The van der Waals surface area contributed by atoms with E-state index in [1.54, 1.807) is 0 Å². The summed E-state index contributed by atoms with van der Waals surface area (Å²) in [7, 11) is 0. The van der Waals surface area contributed by atoms with E-state index in [1.807, 2.05) is 0 Å². The van der Waals surface area contributed by atoms with Crippen LogP contribution in [0.25, 0.3) is 0 Å². The quantitative estimate of drug-likeness (QED) is 0.704. The number of amides is 2. The number of ether oxygens (including phenoxy) is 1. The molecule has 0 spiro atoms. The molecule has 0 aromatic rings. The van der Waals surface area contributed by atoms with Gasteiger partial charge in [0.2, 0.25) is 0 Å². The highest BCUT2D eigenvalue weighted by molar-refractivity contribution is 5.74. The van der Waals surface area contributed by atoms with Gasteiger partial charge in [0.25, 0.3) is 0 Å². The minimum absolute atomic E-state index is 0.00795. The number of nitrogens with one attached hydrogen (secondary N) is 2. The van der Waals surface area contributed by atoms with Gasteiger partial charge in [-0.25, -0.2) is 4.79 Å². The normalized spacial score (nSPS) is 26.1. The SMILES string of the molecule is O=C(NCCC1CCOC1)NC1CC1. The molecule has 0 aromatic carbocycles. The van der Waals surface area contributed by atoms with Crippen LogP contribution < -0.4 is 10.6 Å². The summed E-state index contributed by atoms with van der Waals surface area (Å²) in [4.78, 5) is 11.2. The first-order valence-corrected chi connectivity index (χ1v) is 5.46. The lowest BCUT2D eigenvalue weighted by atomic mass is 10.1. The van der Waals surface area contributed by atoms with Crippen molar-refractivity contribution in [2.75, 3.05) is 19.8 Å². The minimum atomic E-state index is -0.00795. The molecule has 1 saturated carbocycles. The van der Waals surface area contributed by atoms with E-state index in [0.717, 1.165) is 45.4 Å². The lowest BCUT2D eigenvalue weighted by Gasteiger charge is -2.09. The van der Waals surface area contributed by atoms with Gasteiger partial charge >= 0.3 is 6.03 Å². The summed E-state index contributed by atoms with van der Waals surface area (Å²) in [5, 5.41) is 5.77. The Balaban J connectivity index is 1.50. The maximum atomic E-state index is 11.2. The Morgan fingerprint density at radius 2 is 2.21 bits per heavy atom. The first-order valence-electron chi connectivity index (χ1n) is 5.46. The largest absolute Gasteiger partial charge is 0.381 e. The monoisotopic (exact) mass is 198 g/mol. The molecule has 1 unspecified atom stereocenters. The molecule has 2 N–H and O–H groups in total. The lowest BCUT2D eigenvalue weighted by Crippen LogP contribution is -2.37. The van der Waals surface area contributed by atoms with E-state index in [-0.39, 0.29) is 6.03 Å². The third-order valence-electron chi connectivity index (χ3n) is 2.77. The first kappa shape index (κ1) is 9.77. The van der Waals surface area contributed by atoms with E-state index in [9.17, 15) is 4.79 Å². The van der Waals surface area contributed by atoms with Crippen molar-refractivity contribution in [3.8, 4) is 0 Å². The van der Waals surface area contributed by atoms with Crippen LogP contribution in [0.2, 0.25) is 0 Å². The first-order chi connectivity index (χ1) is 6.84. The molecular formula is C10H18N2O2. The third-order valence-corrected chi connectivity index (χ3v) is 2.77. The van der Waals surface area contributed by atoms with E-state index >= 15 is 0 Å². The Morgan fingerprint density at radius 3 is 2.86 bits per heavy atom. The minimum Gasteiger partial charge on any atom is -0.381 e. The van der Waals surface area contributed by atoms with Gasteiger partial charge in [-0.05, 0) is 31.6 Å². The molecule has 2 aliphatic rings. The van der Waals surface area contributed by atoms with Gasteiger partial charge in [0.15, 0.2) is 0 Å². The van der Waals surface area contributed by atoms with Crippen molar-refractivity contribution >= 4 is 6.03 Å². The predicted molar refractivity (Wildman–Crippen MR) is 53.1 cm³/mol. The molecule has 1 aliphatic carbocycles. The summed E-state index contributed by atoms with van der Waals surface area (Å²) >= 11 is 0. The second kappa shape index (κ2) is 4.64. The molecule has 4 heteroatoms. The topological polar surface area (TPSA) is 50.4 Å². The molecule has 0 bridgehead atoms. The summed E-state index contributed by atoms with van der Waals surface area (Å²) in [5.74, 6) is 0.649. The highest BCUT2D eigenvalue weighted by Gasteiger charge is 2.23. The van der Waals surface area contributed by atoms with Crippen LogP contribution in [-0.2, 0) is 4.74 Å². The Labute approximate surface area is 84.4 Å². The molecule has 80 valence electrons. The van der Waals surface area contributed by atoms with Crippen LogP contribution in [0.3, 0.4) is 0 Å². The molecule has 1 saturated heterocycles. The molecule has 2 amide bonds. The van der Waals surface area contributed by atoms with Gasteiger partial charge in [0.05, 0.1) is 0 Å². The van der Waals surface area contributed by atoms with Gasteiger partial charge in [-0.15, -0.1) is 0 Å². The maximum Gasteiger partial charge on any atom is 0.315 e. The van der Waals surface area contributed by atoms with Crippen LogP contribution in [0.4, 0.5) is 4.79 Å². The van der Waals surface area contributed by atoms with Crippen molar-refractivity contribution in [2.24, 2.45) is 5.92 Å². The lowest BCUT2D eigenvalue weighted by molar-refractivity contribution is 0.184. The Hall–Kier alpha value is -0.770. The molecule has 2 fully saturated rings. The van der Waals surface area contributed by atoms with Crippen molar-refractivity contribution < 1.29 is 9.53 Å². The molecule has 1 aliphatic heterocycles. The van der Waals surface area contributed by atoms with Gasteiger partial charge in [-0.1, -0.05) is 0 Å². The zero-order valence-electron chi connectivity index (χ0n) is 8.42. The average molecular weight is 198 g/mol. The maximum absolute atomic E-state index is 11.2. The summed E-state index contributed by atoms with van der Waals surface area (Å²) in [6.45, 7) is 2.53. The van der Waals surface area contributed by atoms with Crippen LogP contribution in [-0.4, -0.2) is 31.8 Å². The fourth-order valence-electron chi connectivity index (χ4n) is 1.66. The molecule has 1 heterocycles. The second-order valence-corrected chi connectivity index (χ2v) is 4.19. The molecule has 0 aromatic heterocycles. The fourth-order valence-corrected chi connectivity index (χ4v) is 1.66. The van der Waals surface area contributed by atoms with Gasteiger partial charge in [-0.2, -0.15) is 0 Å². The fraction of sp³-hybridized carbons (Fsp3) is 0.900. The van der Waals surface area contributed by atoms with E-state index in [1.165, 1.54) is 0 Å². The van der Waals surface area contributed by atoms with Crippen molar-refractivity contribution in [3.63, 3.8) is 0 Å². The van der Waals surface area contributed by atoms with Crippen LogP contribution in [0.1, 0.15) is 25.7 Å². The van der Waals surface area contributed by atoms with Gasteiger partial charge in [-0.3, -0.25) is 0 Å². The molecule has 14 heavy (non-hydrogen) atoms. The van der Waals surface area contributed by atoms with Crippen molar-refractivity contribution in [3.05, 3.63) is 0 Å². The standard InChI is InChI=1S/C10H18N2O2/c13-10(12-9-1-2-9)11-5-3-8-4-6-14-7-8/h8-9H,1-7H2,(H2,11,12,13). The van der Waals surface area contributed by atoms with Gasteiger partial charge < -0.3 is 15.4 Å². The number of urea groups is 1. The smallest absolute Gasteiger partial charge is 0.315 e. The summed E-state index contributed by atoms with van der Waals surface area (Å²) < 4.78 is 5.26. The van der Waals surface area contributed by atoms with Crippen LogP contribution in [0.15, 0.2) is 0 Å². The Morgan fingerprint density at radius 1 is 1.36 bits per heavy atom. The number of rotatable bonds is 4. The van der Waals surface area contributed by atoms with E-state index in [4.69, 9.17) is 4.74 Å². The molecular weight excluding hydrogens is 180 g/mol. The summed E-state index contributed by atoms with van der Waals surface area (Å²) in [5.41, 5.74) is 0. The van der Waals surface area contributed by atoms with E-state index in [0.29, 0.717) is 12.0 Å². The Bertz CT molecular complexity index is 198. The van der Waals surface area contributed by atoms with Crippen molar-refractivity contribution in [1.82, 2.24) is 10.6 Å². The highest BCUT2D eigenvalue weighted by atomic mass is 16.5. The van der Waals surface area contributed by atoms with Gasteiger partial charge in [0, 0.05) is 25.8 Å². The molecule has 4 nitrogen and oxygen atoms in total. The number of carbonyl (C=O) groups excluding carboxylic acids is 1. The highest BCUT2D eigenvalue weighted by Crippen LogP contribution is 2.18. The summed E-state index contributed by atoms with van der Waals surface area (Å²) in [6, 6.07) is 0.441. The predicted octanol–water partition coefficient (Wildman–Crippen LogP) is 0.875.